The van der Waals surface area contributed by atoms with Gasteiger partial charge in [0.1, 0.15) is 0 Å². The van der Waals surface area contributed by atoms with Gasteiger partial charge in [0.05, 0.1) is 15.5 Å². The van der Waals surface area contributed by atoms with Crippen LogP contribution >= 0.6 is 11.6 Å². The van der Waals surface area contributed by atoms with E-state index in [9.17, 15) is 19.7 Å². The normalized spacial score (nSPS) is 11.5. The number of nitro benzene ring substituents is 1. The van der Waals surface area contributed by atoms with Crippen molar-refractivity contribution in [3.63, 3.8) is 0 Å². The number of non-ortho nitro benzene ring substituents is 1. The summed E-state index contributed by atoms with van der Waals surface area (Å²) in [4.78, 5) is 37.2. The van der Waals surface area contributed by atoms with E-state index < -0.39 is 17.0 Å². The third-order valence-electron chi connectivity index (χ3n) is 4.01. The van der Waals surface area contributed by atoms with Gasteiger partial charge in [-0.2, -0.15) is 0 Å². The molecule has 2 rings (SSSR count). The number of nitrogens with zero attached hydrogens (tertiary/aromatic N) is 2. The fourth-order valence-corrected chi connectivity index (χ4v) is 2.80. The van der Waals surface area contributed by atoms with E-state index in [1.165, 1.54) is 6.07 Å². The highest BCUT2D eigenvalue weighted by Gasteiger charge is 2.29. The first-order valence-electron chi connectivity index (χ1n) is 8.37. The van der Waals surface area contributed by atoms with Crippen LogP contribution in [0.15, 0.2) is 48.5 Å². The largest absolute Gasteiger partial charge is 0.444 e. The molecule has 1 amide bonds. The maximum Gasteiger partial charge on any atom is 0.340 e. The molecule has 0 N–H and O–H groups in total. The fraction of sp³-hybridized carbons (Fsp3) is 0.263. The van der Waals surface area contributed by atoms with E-state index in [0.29, 0.717) is 18.7 Å². The summed E-state index contributed by atoms with van der Waals surface area (Å²) in [6.45, 7) is 4.60. The number of amides is 1. The summed E-state index contributed by atoms with van der Waals surface area (Å²) >= 11 is 5.99. The lowest BCUT2D eigenvalue weighted by Crippen LogP contribution is -2.36. The number of esters is 1. The van der Waals surface area contributed by atoms with Crippen molar-refractivity contribution in [2.75, 3.05) is 13.1 Å². The highest BCUT2D eigenvalue weighted by molar-refractivity contribution is 6.33. The van der Waals surface area contributed by atoms with E-state index in [1.807, 2.05) is 13.8 Å². The van der Waals surface area contributed by atoms with E-state index in [4.69, 9.17) is 16.3 Å². The average molecular weight is 391 g/mol. The van der Waals surface area contributed by atoms with Crippen molar-refractivity contribution in [2.24, 2.45) is 0 Å². The zero-order chi connectivity index (χ0) is 20.0. The molecule has 2 aromatic rings. The molecule has 0 aromatic heterocycles. The van der Waals surface area contributed by atoms with Crippen LogP contribution in [0.25, 0.3) is 0 Å². The van der Waals surface area contributed by atoms with Crippen LogP contribution in [0.2, 0.25) is 5.02 Å². The highest BCUT2D eigenvalue weighted by atomic mass is 35.5. The van der Waals surface area contributed by atoms with Gasteiger partial charge in [-0.1, -0.05) is 41.9 Å². The Morgan fingerprint density at radius 1 is 1.15 bits per heavy atom. The minimum atomic E-state index is -1.13. The molecule has 1 atom stereocenters. The number of rotatable bonds is 7. The van der Waals surface area contributed by atoms with Gasteiger partial charge in [-0.25, -0.2) is 4.79 Å². The Labute approximate surface area is 161 Å². The van der Waals surface area contributed by atoms with Crippen LogP contribution in [-0.2, 0) is 9.53 Å². The number of carbonyl (C=O) groups excluding carboxylic acids is 2. The van der Waals surface area contributed by atoms with Crippen molar-refractivity contribution in [3.8, 4) is 0 Å². The van der Waals surface area contributed by atoms with Gasteiger partial charge in [0.2, 0.25) is 6.10 Å². The Hall–Kier alpha value is -2.93. The predicted molar refractivity (Wildman–Crippen MR) is 101 cm³/mol. The van der Waals surface area contributed by atoms with E-state index in [-0.39, 0.29) is 22.2 Å². The number of benzene rings is 2. The molecule has 0 aliphatic heterocycles. The van der Waals surface area contributed by atoms with Gasteiger partial charge in [0, 0.05) is 30.8 Å². The van der Waals surface area contributed by atoms with E-state index >= 15 is 0 Å². The van der Waals surface area contributed by atoms with E-state index in [0.717, 1.165) is 12.1 Å². The summed E-state index contributed by atoms with van der Waals surface area (Å²) in [5.74, 6) is -1.18. The Balaban J connectivity index is 2.34. The van der Waals surface area contributed by atoms with Gasteiger partial charge in [-0.15, -0.1) is 0 Å². The SMILES string of the molecule is CCN(CC)C(=O)[C@@H](OC(=O)c1ccc([N+](=O)[O-])cc1Cl)c1ccccc1. The highest BCUT2D eigenvalue weighted by Crippen LogP contribution is 2.27. The van der Waals surface area contributed by atoms with Crippen molar-refractivity contribution in [3.05, 3.63) is 74.8 Å². The number of halogens is 1. The Bertz CT molecular complexity index is 837. The lowest BCUT2D eigenvalue weighted by molar-refractivity contribution is -0.384. The minimum Gasteiger partial charge on any atom is -0.444 e. The molecular formula is C19H19ClN2O5. The first kappa shape index (κ1) is 20.4. The fourth-order valence-electron chi connectivity index (χ4n) is 2.54. The third kappa shape index (κ3) is 4.83. The van der Waals surface area contributed by atoms with E-state index in [2.05, 4.69) is 0 Å². The Morgan fingerprint density at radius 3 is 2.30 bits per heavy atom. The zero-order valence-corrected chi connectivity index (χ0v) is 15.7. The molecule has 0 heterocycles. The Kier molecular flexibility index (Phi) is 6.90. The smallest absolute Gasteiger partial charge is 0.340 e. The van der Waals surface area contributed by atoms with Gasteiger partial charge in [-0.05, 0) is 19.9 Å². The molecule has 7 nitrogen and oxygen atoms in total. The maximum absolute atomic E-state index is 12.8. The maximum atomic E-state index is 12.8. The van der Waals surface area contributed by atoms with Crippen LogP contribution < -0.4 is 0 Å². The summed E-state index contributed by atoms with van der Waals surface area (Å²) in [6, 6.07) is 12.1. The third-order valence-corrected chi connectivity index (χ3v) is 4.32. The first-order chi connectivity index (χ1) is 12.9. The van der Waals surface area contributed by atoms with Gasteiger partial charge in [0.15, 0.2) is 0 Å². The molecule has 142 valence electrons. The molecule has 0 saturated heterocycles. The molecule has 0 aliphatic rings. The molecule has 0 aliphatic carbocycles. The topological polar surface area (TPSA) is 89.8 Å². The molecule has 0 bridgehead atoms. The summed E-state index contributed by atoms with van der Waals surface area (Å²) in [5, 5.41) is 10.7. The van der Waals surface area contributed by atoms with Gasteiger partial charge in [0.25, 0.3) is 11.6 Å². The number of likely N-dealkylation sites (N-methyl/N-ethyl adjacent to an activating group) is 1. The molecule has 0 spiro atoms. The van der Waals surface area contributed by atoms with E-state index in [1.54, 1.807) is 35.2 Å². The monoisotopic (exact) mass is 390 g/mol. The molecule has 0 radical (unpaired) electrons. The van der Waals surface area contributed by atoms with Crippen LogP contribution in [0.3, 0.4) is 0 Å². The Morgan fingerprint density at radius 2 is 1.78 bits per heavy atom. The van der Waals surface area contributed by atoms with Gasteiger partial charge < -0.3 is 9.64 Å². The number of carbonyl (C=O) groups is 2. The molecule has 27 heavy (non-hydrogen) atoms. The van der Waals surface area contributed by atoms with Gasteiger partial charge >= 0.3 is 5.97 Å². The second-order valence-electron chi connectivity index (χ2n) is 5.63. The van der Waals surface area contributed by atoms with Crippen LogP contribution in [0, 0.1) is 10.1 Å². The summed E-state index contributed by atoms with van der Waals surface area (Å²) < 4.78 is 5.47. The van der Waals surface area contributed by atoms with Crippen LogP contribution in [0.1, 0.15) is 35.9 Å². The lowest BCUT2D eigenvalue weighted by atomic mass is 10.1. The van der Waals surface area contributed by atoms with Crippen LogP contribution in [0.4, 0.5) is 5.69 Å². The van der Waals surface area contributed by atoms with Crippen molar-refractivity contribution < 1.29 is 19.2 Å². The number of hydrogen-bond donors (Lipinski definition) is 0. The van der Waals surface area contributed by atoms with Crippen LogP contribution in [-0.4, -0.2) is 34.8 Å². The number of ether oxygens (including phenoxy) is 1. The van der Waals surface area contributed by atoms with Gasteiger partial charge in [-0.3, -0.25) is 14.9 Å². The number of hydrogen-bond acceptors (Lipinski definition) is 5. The van der Waals surface area contributed by atoms with Crippen molar-refractivity contribution in [1.82, 2.24) is 4.90 Å². The minimum absolute atomic E-state index is 0.0458. The van der Waals surface area contributed by atoms with Crippen molar-refractivity contribution >= 4 is 29.2 Å². The predicted octanol–water partition coefficient (Wildman–Crippen LogP) is 4.01. The molecule has 0 fully saturated rings. The quantitative estimate of drug-likeness (QED) is 0.404. The second kappa shape index (κ2) is 9.14. The molecule has 0 unspecified atom stereocenters. The number of nitro groups is 1. The standard InChI is InChI=1S/C19H19ClN2O5/c1-3-21(4-2)18(23)17(13-8-6-5-7-9-13)27-19(24)15-11-10-14(22(25)26)12-16(15)20/h5-12,17H,3-4H2,1-2H3/t17-/m0/s1. The lowest BCUT2D eigenvalue weighted by Gasteiger charge is -2.25. The second-order valence-corrected chi connectivity index (χ2v) is 6.04. The van der Waals surface area contributed by atoms with Crippen molar-refractivity contribution in [1.29, 1.82) is 0 Å². The molecule has 8 heteroatoms. The molecule has 2 aromatic carbocycles. The summed E-state index contributed by atoms with van der Waals surface area (Å²) in [5.41, 5.74) is 0.242. The summed E-state index contributed by atoms with van der Waals surface area (Å²) in [7, 11) is 0. The zero-order valence-electron chi connectivity index (χ0n) is 14.9. The average Bonchev–Trinajstić information content (AvgIpc) is 2.67. The van der Waals surface area contributed by atoms with Crippen LogP contribution in [0.5, 0.6) is 0 Å². The van der Waals surface area contributed by atoms with Crippen molar-refractivity contribution in [2.45, 2.75) is 20.0 Å². The summed E-state index contributed by atoms with van der Waals surface area (Å²) in [6.07, 6.45) is -1.13. The molecular weight excluding hydrogens is 372 g/mol. The molecule has 0 saturated carbocycles. The first-order valence-corrected chi connectivity index (χ1v) is 8.75.